The Morgan fingerprint density at radius 1 is 1.24 bits per heavy atom. The number of hydrogen-bond acceptors (Lipinski definition) is 2. The molecule has 0 atom stereocenters. The Bertz CT molecular complexity index is 200. The molecule has 1 amide bonds. The molecule has 1 N–H and O–H groups in total. The summed E-state index contributed by atoms with van der Waals surface area (Å²) in [6.07, 6.45) is 10.9. The summed E-state index contributed by atoms with van der Waals surface area (Å²) in [5.74, 6) is 1.10. The molecule has 0 bridgehead atoms. The van der Waals surface area contributed by atoms with Gasteiger partial charge >= 0.3 is 0 Å². The van der Waals surface area contributed by atoms with Crippen molar-refractivity contribution in [2.24, 2.45) is 5.92 Å². The second kappa shape index (κ2) is 9.46. The molecule has 1 fully saturated rings. The largest absolute Gasteiger partial charge is 0.385 e. The van der Waals surface area contributed by atoms with Crippen molar-refractivity contribution in [2.75, 3.05) is 20.3 Å². The van der Waals surface area contributed by atoms with Crippen molar-refractivity contribution in [1.29, 1.82) is 0 Å². The maximum absolute atomic E-state index is 11.5. The Hall–Kier alpha value is -0.570. The predicted octanol–water partition coefficient (Wildman–Crippen LogP) is 2.89. The van der Waals surface area contributed by atoms with Crippen molar-refractivity contribution in [2.45, 2.75) is 57.8 Å². The number of methoxy groups -OCH3 is 1. The molecular weight excluding hydrogens is 214 g/mol. The summed E-state index contributed by atoms with van der Waals surface area (Å²) in [5.41, 5.74) is 0. The minimum Gasteiger partial charge on any atom is -0.385 e. The number of rotatable bonds is 8. The smallest absolute Gasteiger partial charge is 0.219 e. The SMILES string of the molecule is COCCCNC(=O)CCCC1CCCCC1. The van der Waals surface area contributed by atoms with Gasteiger partial charge in [-0.15, -0.1) is 0 Å². The van der Waals surface area contributed by atoms with E-state index in [0.29, 0.717) is 6.42 Å². The lowest BCUT2D eigenvalue weighted by Crippen LogP contribution is -2.25. The van der Waals surface area contributed by atoms with Gasteiger partial charge in [0, 0.05) is 26.7 Å². The Morgan fingerprint density at radius 3 is 2.71 bits per heavy atom. The van der Waals surface area contributed by atoms with Crippen molar-refractivity contribution < 1.29 is 9.53 Å². The fraction of sp³-hybridized carbons (Fsp3) is 0.929. The number of carbonyl (C=O) groups excluding carboxylic acids is 1. The van der Waals surface area contributed by atoms with E-state index in [-0.39, 0.29) is 5.91 Å². The zero-order valence-electron chi connectivity index (χ0n) is 11.2. The van der Waals surface area contributed by atoms with Gasteiger partial charge in [-0.2, -0.15) is 0 Å². The number of nitrogens with one attached hydrogen (secondary N) is 1. The molecule has 0 aliphatic heterocycles. The topological polar surface area (TPSA) is 38.3 Å². The molecule has 0 radical (unpaired) electrons. The standard InChI is InChI=1S/C14H27NO2/c1-17-12-6-11-15-14(16)10-5-9-13-7-3-2-4-8-13/h13H,2-12H2,1H3,(H,15,16). The first kappa shape index (κ1) is 14.5. The van der Waals surface area contributed by atoms with Crippen LogP contribution in [0.4, 0.5) is 0 Å². The lowest BCUT2D eigenvalue weighted by molar-refractivity contribution is -0.121. The molecular formula is C14H27NO2. The van der Waals surface area contributed by atoms with Crippen LogP contribution in [0.1, 0.15) is 57.8 Å². The summed E-state index contributed by atoms with van der Waals surface area (Å²) in [6.45, 7) is 1.47. The van der Waals surface area contributed by atoms with E-state index in [2.05, 4.69) is 5.32 Å². The average molecular weight is 241 g/mol. The van der Waals surface area contributed by atoms with E-state index in [1.807, 2.05) is 0 Å². The van der Waals surface area contributed by atoms with Crippen molar-refractivity contribution >= 4 is 5.91 Å². The number of ether oxygens (including phenoxy) is 1. The zero-order chi connectivity index (χ0) is 12.3. The highest BCUT2D eigenvalue weighted by Gasteiger charge is 2.13. The molecule has 0 aromatic carbocycles. The molecule has 3 nitrogen and oxygen atoms in total. The number of carbonyl (C=O) groups is 1. The van der Waals surface area contributed by atoms with Gasteiger partial charge in [0.05, 0.1) is 0 Å². The summed E-state index contributed by atoms with van der Waals surface area (Å²) in [6, 6.07) is 0. The third-order valence-electron chi connectivity index (χ3n) is 3.59. The van der Waals surface area contributed by atoms with Crippen LogP contribution >= 0.6 is 0 Å². The van der Waals surface area contributed by atoms with Gasteiger partial charge in [0.1, 0.15) is 0 Å². The molecule has 1 aliphatic carbocycles. The van der Waals surface area contributed by atoms with Crippen LogP contribution in [-0.4, -0.2) is 26.2 Å². The summed E-state index contributed by atoms with van der Waals surface area (Å²) < 4.78 is 4.93. The second-order valence-corrected chi connectivity index (χ2v) is 5.09. The highest BCUT2D eigenvalue weighted by atomic mass is 16.5. The van der Waals surface area contributed by atoms with Gasteiger partial charge in [0.15, 0.2) is 0 Å². The van der Waals surface area contributed by atoms with Crippen molar-refractivity contribution in [1.82, 2.24) is 5.32 Å². The summed E-state index contributed by atoms with van der Waals surface area (Å²) in [5, 5.41) is 2.94. The Kier molecular flexibility index (Phi) is 8.06. The van der Waals surface area contributed by atoms with Crippen LogP contribution in [0.2, 0.25) is 0 Å². The van der Waals surface area contributed by atoms with Crippen molar-refractivity contribution in [3.05, 3.63) is 0 Å². The van der Waals surface area contributed by atoms with Crippen LogP contribution in [0.5, 0.6) is 0 Å². The fourth-order valence-corrected chi connectivity index (χ4v) is 2.56. The van der Waals surface area contributed by atoms with E-state index < -0.39 is 0 Å². The molecule has 3 heteroatoms. The minimum absolute atomic E-state index is 0.205. The summed E-state index contributed by atoms with van der Waals surface area (Å²) in [7, 11) is 1.69. The van der Waals surface area contributed by atoms with Crippen LogP contribution < -0.4 is 5.32 Å². The number of amides is 1. The first-order valence-corrected chi connectivity index (χ1v) is 7.08. The van der Waals surface area contributed by atoms with Crippen molar-refractivity contribution in [3.63, 3.8) is 0 Å². The van der Waals surface area contributed by atoms with Gasteiger partial charge in [-0.1, -0.05) is 32.1 Å². The number of hydrogen-bond donors (Lipinski definition) is 1. The maximum Gasteiger partial charge on any atom is 0.219 e. The van der Waals surface area contributed by atoms with E-state index in [4.69, 9.17) is 4.74 Å². The minimum atomic E-state index is 0.205. The molecule has 17 heavy (non-hydrogen) atoms. The van der Waals surface area contributed by atoms with E-state index in [0.717, 1.165) is 31.9 Å². The molecule has 0 heterocycles. The monoisotopic (exact) mass is 241 g/mol. The third-order valence-corrected chi connectivity index (χ3v) is 3.59. The van der Waals surface area contributed by atoms with Crippen LogP contribution in [0.3, 0.4) is 0 Å². The fourth-order valence-electron chi connectivity index (χ4n) is 2.56. The molecule has 1 saturated carbocycles. The molecule has 0 aromatic rings. The van der Waals surface area contributed by atoms with Crippen LogP contribution in [0, 0.1) is 5.92 Å². The Morgan fingerprint density at radius 2 is 2.00 bits per heavy atom. The predicted molar refractivity (Wildman–Crippen MR) is 69.9 cm³/mol. The van der Waals surface area contributed by atoms with E-state index in [1.165, 1.54) is 38.5 Å². The van der Waals surface area contributed by atoms with E-state index >= 15 is 0 Å². The van der Waals surface area contributed by atoms with Gasteiger partial charge in [0.2, 0.25) is 5.91 Å². The average Bonchev–Trinajstić information content (AvgIpc) is 2.36. The first-order valence-electron chi connectivity index (χ1n) is 7.08. The van der Waals surface area contributed by atoms with Crippen LogP contribution in [-0.2, 0) is 9.53 Å². The third kappa shape index (κ3) is 7.37. The van der Waals surface area contributed by atoms with Crippen LogP contribution in [0.25, 0.3) is 0 Å². The highest BCUT2D eigenvalue weighted by molar-refractivity contribution is 5.75. The molecule has 0 unspecified atom stereocenters. The Balaban J connectivity index is 1.92. The lowest BCUT2D eigenvalue weighted by atomic mass is 9.86. The molecule has 0 aromatic heterocycles. The van der Waals surface area contributed by atoms with Gasteiger partial charge in [-0.05, 0) is 25.2 Å². The first-order chi connectivity index (χ1) is 8.33. The van der Waals surface area contributed by atoms with E-state index in [1.54, 1.807) is 7.11 Å². The highest BCUT2D eigenvalue weighted by Crippen LogP contribution is 2.27. The van der Waals surface area contributed by atoms with Gasteiger partial charge < -0.3 is 10.1 Å². The maximum atomic E-state index is 11.5. The van der Waals surface area contributed by atoms with Gasteiger partial charge in [-0.25, -0.2) is 0 Å². The summed E-state index contributed by atoms with van der Waals surface area (Å²) in [4.78, 5) is 11.5. The summed E-state index contributed by atoms with van der Waals surface area (Å²) >= 11 is 0. The van der Waals surface area contributed by atoms with E-state index in [9.17, 15) is 4.79 Å². The normalized spacial score (nSPS) is 17.0. The molecule has 0 saturated heterocycles. The second-order valence-electron chi connectivity index (χ2n) is 5.09. The Labute approximate surface area is 105 Å². The zero-order valence-corrected chi connectivity index (χ0v) is 11.2. The molecule has 1 rings (SSSR count). The van der Waals surface area contributed by atoms with Gasteiger partial charge in [0.25, 0.3) is 0 Å². The van der Waals surface area contributed by atoms with Gasteiger partial charge in [-0.3, -0.25) is 4.79 Å². The van der Waals surface area contributed by atoms with Crippen LogP contribution in [0.15, 0.2) is 0 Å². The molecule has 1 aliphatic rings. The van der Waals surface area contributed by atoms with Crippen molar-refractivity contribution in [3.8, 4) is 0 Å². The molecule has 0 spiro atoms. The quantitative estimate of drug-likeness (QED) is 0.664. The molecule has 100 valence electrons. The lowest BCUT2D eigenvalue weighted by Gasteiger charge is -2.21.